The molecule has 13 aromatic carbocycles. The molecule has 15 aromatic rings. The molecule has 4 nitrogen and oxygen atoms in total. The number of rotatable bonds is 8. The van der Waals surface area contributed by atoms with Crippen molar-refractivity contribution < 1.29 is 8.83 Å². The molecule has 2 aliphatic rings. The van der Waals surface area contributed by atoms with Crippen molar-refractivity contribution in [1.29, 1.82) is 0 Å². The Bertz CT molecular complexity index is 4870. The maximum Gasteiger partial charge on any atom is 0.252 e. The fourth-order valence-electron chi connectivity index (χ4n) is 13.9. The van der Waals surface area contributed by atoms with Crippen LogP contribution in [0.15, 0.2) is 300 Å². The Labute approximate surface area is 506 Å². The van der Waals surface area contributed by atoms with Gasteiger partial charge in [-0.05, 0) is 167 Å². The number of hydrogen-bond acceptors (Lipinski definition) is 4. The lowest BCUT2D eigenvalue weighted by molar-refractivity contribution is 0.590. The Kier molecular flexibility index (Phi) is 11.6. The molecule has 0 saturated carbocycles. The minimum atomic E-state index is -0.282. The fraction of sp³-hybridized carbons (Fsp3) is 0.0488. The van der Waals surface area contributed by atoms with E-state index in [-0.39, 0.29) is 12.1 Å². The maximum absolute atomic E-state index is 7.13. The van der Waals surface area contributed by atoms with Crippen LogP contribution in [0, 0.1) is 0 Å². The van der Waals surface area contributed by atoms with E-state index in [1.807, 2.05) is 0 Å². The third kappa shape index (κ3) is 8.37. The maximum atomic E-state index is 7.13. The van der Waals surface area contributed by atoms with Gasteiger partial charge in [-0.1, -0.05) is 239 Å². The van der Waals surface area contributed by atoms with Crippen LogP contribution in [0.25, 0.3) is 111 Å². The Morgan fingerprint density at radius 3 is 0.931 bits per heavy atom. The van der Waals surface area contributed by atoms with E-state index in [9.17, 15) is 0 Å². The van der Waals surface area contributed by atoms with Crippen LogP contribution in [-0.2, 0) is 5.41 Å². The quantitative estimate of drug-likeness (QED) is 0.142. The van der Waals surface area contributed by atoms with Gasteiger partial charge in [0, 0.05) is 33.5 Å². The molecule has 0 N–H and O–H groups in total. The Balaban J connectivity index is 1.03. The number of benzene rings is 13. The number of hydrogen-bond donors (Lipinski definition) is 0. The highest BCUT2D eigenvalue weighted by atomic mass is 16.3. The summed E-state index contributed by atoms with van der Waals surface area (Å²) in [7, 11) is 0. The van der Waals surface area contributed by atoms with Crippen molar-refractivity contribution in [1.82, 2.24) is 0 Å². The Morgan fingerprint density at radius 2 is 0.586 bits per heavy atom. The van der Waals surface area contributed by atoms with Gasteiger partial charge in [0.15, 0.2) is 0 Å². The van der Waals surface area contributed by atoms with E-state index in [2.05, 4.69) is 322 Å². The zero-order valence-corrected chi connectivity index (χ0v) is 48.5. The zero-order chi connectivity index (χ0) is 57.9. The molecule has 0 saturated heterocycles. The van der Waals surface area contributed by atoms with Crippen molar-refractivity contribution in [3.8, 4) is 66.8 Å². The number of nitrogens with zero attached hydrogens (tertiary/aromatic N) is 2. The summed E-state index contributed by atoms with van der Waals surface area (Å²) in [4.78, 5) is 5.21. The van der Waals surface area contributed by atoms with Gasteiger partial charge in [0.1, 0.15) is 22.3 Å². The summed E-state index contributed by atoms with van der Waals surface area (Å²) in [5.41, 5.74) is 28.2. The van der Waals surface area contributed by atoms with E-state index in [0.29, 0.717) is 0 Å². The first-order valence-electron chi connectivity index (χ1n) is 30.2. The van der Waals surface area contributed by atoms with Crippen molar-refractivity contribution in [2.24, 2.45) is 0 Å². The van der Waals surface area contributed by atoms with Gasteiger partial charge in [-0.15, -0.1) is 0 Å². The minimum Gasteiger partial charge on any atom is -0.456 e. The van der Waals surface area contributed by atoms with Gasteiger partial charge in [-0.25, -0.2) is 0 Å². The minimum absolute atomic E-state index is 0.203. The molecule has 0 spiro atoms. The van der Waals surface area contributed by atoms with E-state index in [1.165, 1.54) is 33.1 Å². The van der Waals surface area contributed by atoms with Crippen molar-refractivity contribution >= 4 is 101 Å². The molecule has 0 fully saturated rings. The lowest BCUT2D eigenvalue weighted by Gasteiger charge is -2.45. The summed E-state index contributed by atoms with van der Waals surface area (Å²) in [6, 6.07) is 107. The summed E-state index contributed by atoms with van der Waals surface area (Å²) in [5, 5.41) is 4.25. The fourth-order valence-corrected chi connectivity index (χ4v) is 13.9. The second-order valence-electron chi connectivity index (χ2n) is 24.4. The number of furan rings is 2. The number of fused-ring (bicyclic) bond motifs is 10. The van der Waals surface area contributed by atoms with Crippen molar-refractivity contribution in [2.45, 2.75) is 26.2 Å². The van der Waals surface area contributed by atoms with E-state index in [4.69, 9.17) is 8.83 Å². The highest BCUT2D eigenvalue weighted by Gasteiger charge is 2.45. The van der Waals surface area contributed by atoms with Gasteiger partial charge < -0.3 is 18.6 Å². The smallest absolute Gasteiger partial charge is 0.252 e. The molecular weight excluding hydrogens is 1060 g/mol. The molecule has 17 rings (SSSR count). The lowest BCUT2D eigenvalue weighted by atomic mass is 9.33. The van der Waals surface area contributed by atoms with E-state index >= 15 is 0 Å². The summed E-state index contributed by atoms with van der Waals surface area (Å²) >= 11 is 0. The Hall–Kier alpha value is -10.9. The highest BCUT2D eigenvalue weighted by molar-refractivity contribution is 7.00. The van der Waals surface area contributed by atoms with Crippen molar-refractivity contribution in [3.05, 3.63) is 297 Å². The van der Waals surface area contributed by atoms with Crippen LogP contribution in [0.4, 0.5) is 34.1 Å². The molecule has 0 atom stereocenters. The van der Waals surface area contributed by atoms with Crippen LogP contribution in [0.2, 0.25) is 0 Å². The molecule has 2 aliphatic heterocycles. The summed E-state index contributed by atoms with van der Waals surface area (Å²) < 4.78 is 14.3. The van der Waals surface area contributed by atoms with Crippen LogP contribution >= 0.6 is 0 Å². The first-order chi connectivity index (χ1) is 42.8. The third-order valence-electron chi connectivity index (χ3n) is 18.2. The topological polar surface area (TPSA) is 32.8 Å². The molecule has 87 heavy (non-hydrogen) atoms. The van der Waals surface area contributed by atoms with Crippen LogP contribution in [0.3, 0.4) is 0 Å². The SMILES string of the molecule is CC(C)(C)c1cc2c3c(c1)N(c1cc(-c4ccccc4)cc4oc5ccc(-c6ccccc6)cc5c14)c1ccc(-c4ccccc4)cc1B3c1cc(-c3ccccc3)ccc1N2c1cc(-c2ccccc2)cc2oc3ccc(-c4ccccc4)cc3c12. The molecule has 0 radical (unpaired) electrons. The summed E-state index contributed by atoms with van der Waals surface area (Å²) in [6.07, 6.45) is 0. The molecule has 4 heterocycles. The monoisotopic (exact) mass is 1110 g/mol. The largest absolute Gasteiger partial charge is 0.456 e. The number of anilines is 6. The molecule has 0 bridgehead atoms. The van der Waals surface area contributed by atoms with Crippen molar-refractivity contribution in [3.63, 3.8) is 0 Å². The average Bonchev–Trinajstić information content (AvgIpc) is 1.28. The molecular formula is C82H57BN2O2. The molecule has 0 aliphatic carbocycles. The predicted molar refractivity (Wildman–Crippen MR) is 366 cm³/mol. The van der Waals surface area contributed by atoms with Crippen molar-refractivity contribution in [2.75, 3.05) is 9.80 Å². The van der Waals surface area contributed by atoms with E-state index in [0.717, 1.165) is 134 Å². The third-order valence-corrected chi connectivity index (χ3v) is 18.2. The second kappa shape index (κ2) is 19.9. The van der Waals surface area contributed by atoms with Gasteiger partial charge in [0.05, 0.1) is 22.1 Å². The summed E-state index contributed by atoms with van der Waals surface area (Å²) in [5.74, 6) is 0. The molecule has 2 aromatic heterocycles. The lowest BCUT2D eigenvalue weighted by Crippen LogP contribution is -2.61. The molecule has 0 unspecified atom stereocenters. The standard InChI is InChI=1S/C82H57BN2O2/c1-82(2,3)64-50-73-81-74(51-64)85(72-47-63(57-32-20-9-21-33-57)49-78-80(72)66-43-59(37-41-76(66)87-78)53-24-12-5-13-25-53)70-39-35-61(55-28-16-7-17-29-55)45-68(70)83(81)67-44-60(54-26-14-6-15-27-54)34-38-69(67)84(73)71-46-62(56-30-18-8-19-31-56)48-77-79(71)65-42-58(36-40-75(65)86-77)52-22-10-4-11-23-52/h4-51H,1-3H3. The van der Waals surface area contributed by atoms with E-state index in [1.54, 1.807) is 0 Å². The van der Waals surface area contributed by atoms with Gasteiger partial charge in [0.2, 0.25) is 0 Å². The van der Waals surface area contributed by atoms with Crippen LogP contribution < -0.4 is 26.2 Å². The first-order valence-corrected chi connectivity index (χ1v) is 30.2. The van der Waals surface area contributed by atoms with E-state index < -0.39 is 0 Å². The van der Waals surface area contributed by atoms with Crippen LogP contribution in [-0.4, -0.2) is 6.71 Å². The summed E-state index contributed by atoms with van der Waals surface area (Å²) in [6.45, 7) is 6.85. The predicted octanol–water partition coefficient (Wildman–Crippen LogP) is 20.9. The van der Waals surface area contributed by atoms with Crippen LogP contribution in [0.1, 0.15) is 26.3 Å². The zero-order valence-electron chi connectivity index (χ0n) is 48.5. The highest BCUT2D eigenvalue weighted by Crippen LogP contribution is 2.53. The second-order valence-corrected chi connectivity index (χ2v) is 24.4. The van der Waals surface area contributed by atoms with Gasteiger partial charge in [0.25, 0.3) is 6.71 Å². The molecule has 5 heteroatoms. The normalized spacial score (nSPS) is 12.7. The van der Waals surface area contributed by atoms with Crippen LogP contribution in [0.5, 0.6) is 0 Å². The van der Waals surface area contributed by atoms with Gasteiger partial charge in [-0.2, -0.15) is 0 Å². The average molecular weight is 1110 g/mol. The molecule has 410 valence electrons. The Morgan fingerprint density at radius 1 is 0.264 bits per heavy atom. The van der Waals surface area contributed by atoms with Gasteiger partial charge >= 0.3 is 0 Å². The molecule has 0 amide bonds. The van der Waals surface area contributed by atoms with Gasteiger partial charge in [-0.3, -0.25) is 0 Å². The first kappa shape index (κ1) is 50.6.